The van der Waals surface area contributed by atoms with E-state index in [1.165, 1.54) is 6.08 Å². The molecule has 0 atom stereocenters. The fourth-order valence-electron chi connectivity index (χ4n) is 2.62. The number of methoxy groups -OCH3 is 1. The first kappa shape index (κ1) is 18.9. The molecule has 0 aliphatic heterocycles. The first-order valence-corrected chi connectivity index (χ1v) is 8.75. The van der Waals surface area contributed by atoms with Crippen LogP contribution in [0.4, 0.5) is 11.4 Å². The number of hydrogen-bond acceptors (Lipinski definition) is 3. The van der Waals surface area contributed by atoms with Crippen LogP contribution < -0.4 is 15.4 Å². The van der Waals surface area contributed by atoms with Crippen molar-refractivity contribution in [3.63, 3.8) is 0 Å². The molecule has 0 unspecified atom stereocenters. The van der Waals surface area contributed by atoms with Crippen LogP contribution in [0, 0.1) is 0 Å². The average Bonchev–Trinajstić information content (AvgIpc) is 2.73. The largest absolute Gasteiger partial charge is 0.496 e. The van der Waals surface area contributed by atoms with Gasteiger partial charge in [0.15, 0.2) is 0 Å². The second kappa shape index (κ2) is 9.19. The second-order valence-electron chi connectivity index (χ2n) is 5.94. The number of benzene rings is 3. The Morgan fingerprint density at radius 3 is 1.68 bits per heavy atom. The molecule has 0 spiro atoms. The molecule has 3 aromatic rings. The van der Waals surface area contributed by atoms with Crippen LogP contribution in [0.5, 0.6) is 5.75 Å². The van der Waals surface area contributed by atoms with Gasteiger partial charge in [-0.05, 0) is 36.4 Å². The zero-order valence-corrected chi connectivity index (χ0v) is 15.4. The number of carbonyl (C=O) groups is 2. The van der Waals surface area contributed by atoms with Crippen molar-refractivity contribution in [1.29, 1.82) is 0 Å². The third-order valence-corrected chi connectivity index (χ3v) is 3.99. The maximum absolute atomic E-state index is 12.9. The lowest BCUT2D eigenvalue weighted by Gasteiger charge is -2.11. The van der Waals surface area contributed by atoms with Gasteiger partial charge in [0.1, 0.15) is 11.3 Å². The SMILES string of the molecule is COc1ccccc1C=C(C(=O)Nc1ccccc1)C(=O)Nc1ccccc1. The van der Waals surface area contributed by atoms with Gasteiger partial charge in [0, 0.05) is 16.9 Å². The number of hydrogen-bond donors (Lipinski definition) is 2. The second-order valence-corrected chi connectivity index (χ2v) is 5.94. The van der Waals surface area contributed by atoms with Crippen molar-refractivity contribution in [3.05, 3.63) is 96.1 Å². The fraction of sp³-hybridized carbons (Fsp3) is 0.0435. The van der Waals surface area contributed by atoms with Crippen molar-refractivity contribution in [2.75, 3.05) is 17.7 Å². The maximum atomic E-state index is 12.9. The first-order valence-electron chi connectivity index (χ1n) is 8.75. The van der Waals surface area contributed by atoms with Gasteiger partial charge in [-0.1, -0.05) is 54.6 Å². The number of para-hydroxylation sites is 3. The Balaban J connectivity index is 1.94. The van der Waals surface area contributed by atoms with E-state index in [4.69, 9.17) is 4.74 Å². The summed E-state index contributed by atoms with van der Waals surface area (Å²) in [6.45, 7) is 0. The normalized spacial score (nSPS) is 9.89. The monoisotopic (exact) mass is 372 g/mol. The summed E-state index contributed by atoms with van der Waals surface area (Å²) in [5.41, 5.74) is 1.81. The Kier molecular flexibility index (Phi) is 6.21. The Hall–Kier alpha value is -3.86. The fourth-order valence-corrected chi connectivity index (χ4v) is 2.62. The molecule has 140 valence electrons. The number of carbonyl (C=O) groups excluding carboxylic acids is 2. The van der Waals surface area contributed by atoms with Crippen LogP contribution in [0.2, 0.25) is 0 Å². The molecule has 0 fully saturated rings. The van der Waals surface area contributed by atoms with Gasteiger partial charge in [-0.2, -0.15) is 0 Å². The Bertz CT molecular complexity index is 927. The van der Waals surface area contributed by atoms with Crippen LogP contribution in [0.15, 0.2) is 90.5 Å². The molecular weight excluding hydrogens is 352 g/mol. The highest BCUT2D eigenvalue weighted by molar-refractivity contribution is 6.28. The van der Waals surface area contributed by atoms with E-state index in [0.29, 0.717) is 22.7 Å². The molecule has 0 radical (unpaired) electrons. The van der Waals surface area contributed by atoms with E-state index >= 15 is 0 Å². The number of amides is 2. The first-order chi connectivity index (χ1) is 13.7. The van der Waals surface area contributed by atoms with Crippen LogP contribution in [-0.4, -0.2) is 18.9 Å². The van der Waals surface area contributed by atoms with Gasteiger partial charge < -0.3 is 15.4 Å². The molecule has 2 N–H and O–H groups in total. The molecule has 0 heterocycles. The minimum Gasteiger partial charge on any atom is -0.496 e. The third kappa shape index (κ3) is 4.86. The smallest absolute Gasteiger partial charge is 0.261 e. The highest BCUT2D eigenvalue weighted by Crippen LogP contribution is 2.22. The summed E-state index contributed by atoms with van der Waals surface area (Å²) in [7, 11) is 1.54. The topological polar surface area (TPSA) is 67.4 Å². The van der Waals surface area contributed by atoms with Gasteiger partial charge in [0.05, 0.1) is 7.11 Å². The van der Waals surface area contributed by atoms with Gasteiger partial charge >= 0.3 is 0 Å². The summed E-state index contributed by atoms with van der Waals surface area (Å²) in [6.07, 6.45) is 1.52. The molecule has 0 bridgehead atoms. The van der Waals surface area contributed by atoms with E-state index in [0.717, 1.165) is 0 Å². The van der Waals surface area contributed by atoms with E-state index in [1.807, 2.05) is 48.5 Å². The minimum absolute atomic E-state index is 0.0304. The molecule has 0 aliphatic carbocycles. The van der Waals surface area contributed by atoms with Crippen molar-refractivity contribution >= 4 is 29.3 Å². The Morgan fingerprint density at radius 2 is 1.18 bits per heavy atom. The lowest BCUT2D eigenvalue weighted by molar-refractivity contribution is -0.118. The number of ether oxygens (including phenoxy) is 1. The van der Waals surface area contributed by atoms with Crippen LogP contribution in [0.1, 0.15) is 5.56 Å². The minimum atomic E-state index is -0.509. The van der Waals surface area contributed by atoms with Crippen molar-refractivity contribution in [2.45, 2.75) is 0 Å². The number of rotatable bonds is 6. The summed E-state index contributed by atoms with van der Waals surface area (Å²) in [5.74, 6) is -0.448. The van der Waals surface area contributed by atoms with Crippen molar-refractivity contribution in [2.24, 2.45) is 0 Å². The molecule has 3 aromatic carbocycles. The van der Waals surface area contributed by atoms with Crippen LogP contribution in [-0.2, 0) is 9.59 Å². The summed E-state index contributed by atoms with van der Waals surface area (Å²) in [4.78, 5) is 25.7. The van der Waals surface area contributed by atoms with Crippen molar-refractivity contribution in [1.82, 2.24) is 0 Å². The molecule has 0 aliphatic rings. The van der Waals surface area contributed by atoms with Gasteiger partial charge in [-0.3, -0.25) is 9.59 Å². The van der Waals surface area contributed by atoms with E-state index in [-0.39, 0.29) is 5.57 Å². The summed E-state index contributed by atoms with van der Waals surface area (Å²) >= 11 is 0. The van der Waals surface area contributed by atoms with Crippen LogP contribution in [0.3, 0.4) is 0 Å². The quantitative estimate of drug-likeness (QED) is 0.384. The van der Waals surface area contributed by atoms with Gasteiger partial charge in [0.2, 0.25) is 0 Å². The highest BCUT2D eigenvalue weighted by atomic mass is 16.5. The van der Waals surface area contributed by atoms with Crippen molar-refractivity contribution < 1.29 is 14.3 Å². The number of anilines is 2. The molecule has 0 aromatic heterocycles. The van der Waals surface area contributed by atoms with Crippen LogP contribution >= 0.6 is 0 Å². The predicted octanol–water partition coefficient (Wildman–Crippen LogP) is 4.36. The summed E-state index contributed by atoms with van der Waals surface area (Å²) < 4.78 is 5.33. The lowest BCUT2D eigenvalue weighted by atomic mass is 10.1. The van der Waals surface area contributed by atoms with E-state index in [9.17, 15) is 9.59 Å². The maximum Gasteiger partial charge on any atom is 0.261 e. The summed E-state index contributed by atoms with van der Waals surface area (Å²) in [6, 6.07) is 25.2. The average molecular weight is 372 g/mol. The van der Waals surface area contributed by atoms with Crippen LogP contribution in [0.25, 0.3) is 6.08 Å². The molecule has 5 heteroatoms. The zero-order valence-electron chi connectivity index (χ0n) is 15.4. The molecule has 5 nitrogen and oxygen atoms in total. The van der Waals surface area contributed by atoms with Crippen molar-refractivity contribution in [3.8, 4) is 5.75 Å². The molecule has 2 amide bonds. The molecule has 28 heavy (non-hydrogen) atoms. The van der Waals surface area contributed by atoms with Gasteiger partial charge in [-0.25, -0.2) is 0 Å². The lowest BCUT2D eigenvalue weighted by Crippen LogP contribution is -2.25. The zero-order chi connectivity index (χ0) is 19.8. The predicted molar refractivity (Wildman–Crippen MR) is 111 cm³/mol. The van der Waals surface area contributed by atoms with E-state index < -0.39 is 11.8 Å². The van der Waals surface area contributed by atoms with Gasteiger partial charge in [-0.15, -0.1) is 0 Å². The van der Waals surface area contributed by atoms with E-state index in [1.54, 1.807) is 43.5 Å². The van der Waals surface area contributed by atoms with Gasteiger partial charge in [0.25, 0.3) is 11.8 Å². The number of nitrogens with one attached hydrogen (secondary N) is 2. The Morgan fingerprint density at radius 1 is 0.714 bits per heavy atom. The van der Waals surface area contributed by atoms with E-state index in [2.05, 4.69) is 10.6 Å². The molecule has 0 saturated carbocycles. The third-order valence-electron chi connectivity index (χ3n) is 3.99. The molecular formula is C23H20N2O3. The molecule has 0 saturated heterocycles. The summed E-state index contributed by atoms with van der Waals surface area (Å²) in [5, 5.41) is 5.52. The highest BCUT2D eigenvalue weighted by Gasteiger charge is 2.19. The molecule has 3 rings (SSSR count). The Labute approximate surface area is 163 Å². The standard InChI is InChI=1S/C23H20N2O3/c1-28-21-15-9-8-10-17(21)16-20(22(26)24-18-11-4-2-5-12-18)23(27)25-19-13-6-3-7-14-19/h2-16H,1H3,(H,24,26)(H,25,27).